The van der Waals surface area contributed by atoms with Gasteiger partial charge in [0.15, 0.2) is 11.6 Å². The minimum absolute atomic E-state index is 0.0658. The normalized spacial score (nSPS) is 45.6. The number of methoxy groups -OCH3 is 1. The van der Waals surface area contributed by atoms with E-state index >= 15 is 0 Å². The van der Waals surface area contributed by atoms with Gasteiger partial charge in [0.25, 0.3) is 0 Å². The predicted octanol–water partition coefficient (Wildman–Crippen LogP) is 6.67. The summed E-state index contributed by atoms with van der Waals surface area (Å²) >= 11 is 3.65. The molecule has 0 N–H and O–H groups in total. The lowest BCUT2D eigenvalue weighted by molar-refractivity contribution is -0.169. The summed E-state index contributed by atoms with van der Waals surface area (Å²) in [5.41, 5.74) is -0.739. The number of halogens is 1. The molecule has 36 heavy (non-hydrogen) atoms. The highest BCUT2D eigenvalue weighted by atomic mass is 79.9. The van der Waals surface area contributed by atoms with Crippen molar-refractivity contribution in [3.63, 3.8) is 0 Å². The fraction of sp³-hybridized carbons (Fsp3) is 0.833. The summed E-state index contributed by atoms with van der Waals surface area (Å²) < 4.78 is 10.5. The van der Waals surface area contributed by atoms with Gasteiger partial charge in [0.05, 0.1) is 12.5 Å². The lowest BCUT2D eigenvalue weighted by atomic mass is 9.45. The molecule has 3 aliphatic carbocycles. The molecule has 0 radical (unpaired) electrons. The molecule has 2 saturated carbocycles. The predicted molar refractivity (Wildman–Crippen MR) is 143 cm³/mol. The number of epoxide rings is 1. The highest BCUT2D eigenvalue weighted by molar-refractivity contribution is 9.10. The Morgan fingerprint density at radius 1 is 1.19 bits per heavy atom. The van der Waals surface area contributed by atoms with Gasteiger partial charge in [0, 0.05) is 16.7 Å². The molecule has 0 aromatic carbocycles. The largest absolute Gasteiger partial charge is 0.469 e. The van der Waals surface area contributed by atoms with Crippen LogP contribution in [0.2, 0.25) is 0 Å². The van der Waals surface area contributed by atoms with E-state index < -0.39 is 20.8 Å². The van der Waals surface area contributed by atoms with E-state index in [0.717, 1.165) is 44.1 Å². The maximum atomic E-state index is 14.0. The van der Waals surface area contributed by atoms with Crippen LogP contribution in [0.4, 0.5) is 0 Å². The zero-order valence-electron chi connectivity index (χ0n) is 23.6. The highest BCUT2D eigenvalue weighted by Gasteiger charge is 2.78. The van der Waals surface area contributed by atoms with Gasteiger partial charge in [-0.3, -0.25) is 14.4 Å². The fourth-order valence-corrected chi connectivity index (χ4v) is 10.0. The average molecular weight is 566 g/mol. The van der Waals surface area contributed by atoms with Crippen molar-refractivity contribution in [1.29, 1.82) is 0 Å². The molecule has 4 rings (SSSR count). The smallest absolute Gasteiger partial charge is 0.312 e. The second-order valence-electron chi connectivity index (χ2n) is 13.7. The Morgan fingerprint density at radius 3 is 2.39 bits per heavy atom. The minimum Gasteiger partial charge on any atom is -0.469 e. The van der Waals surface area contributed by atoms with Crippen molar-refractivity contribution < 1.29 is 23.9 Å². The maximum Gasteiger partial charge on any atom is 0.312 e. The highest BCUT2D eigenvalue weighted by Crippen LogP contribution is 2.70. The van der Waals surface area contributed by atoms with Gasteiger partial charge in [-0.05, 0) is 77.3 Å². The summed E-state index contributed by atoms with van der Waals surface area (Å²) in [5.74, 6) is 0.284. The van der Waals surface area contributed by atoms with Crippen molar-refractivity contribution in [3.05, 3.63) is 11.6 Å². The van der Waals surface area contributed by atoms with Crippen LogP contribution in [0.15, 0.2) is 11.6 Å². The number of esters is 1. The van der Waals surface area contributed by atoms with Crippen LogP contribution >= 0.6 is 15.9 Å². The fourth-order valence-electron chi connectivity index (χ4n) is 8.86. The number of hydrogen-bond acceptors (Lipinski definition) is 5. The molecule has 0 amide bonds. The number of fused-ring (bicyclic) bond motifs is 2. The Balaban J connectivity index is 1.75. The third kappa shape index (κ3) is 3.66. The SMILES string of the molecule is CCC1C(C)(C)C(=O)C2(Br)OC2C1(C)C1=CC(=O)C2C(C)C(CCC(C)C)(C(=O)OC)CCC2(C)C1. The first-order valence-corrected chi connectivity index (χ1v) is 14.6. The van der Waals surface area contributed by atoms with Crippen LogP contribution < -0.4 is 0 Å². The van der Waals surface area contributed by atoms with Crippen LogP contribution in [-0.4, -0.2) is 35.3 Å². The first kappa shape index (κ1) is 28.0. The van der Waals surface area contributed by atoms with Gasteiger partial charge >= 0.3 is 5.97 Å². The Labute approximate surface area is 225 Å². The molecule has 202 valence electrons. The summed E-state index contributed by atoms with van der Waals surface area (Å²) in [6.45, 7) is 17.1. The molecule has 8 unspecified atom stereocenters. The zero-order chi connectivity index (χ0) is 27.1. The van der Waals surface area contributed by atoms with E-state index in [4.69, 9.17) is 9.47 Å². The molecule has 0 aromatic heterocycles. The number of allylic oxidation sites excluding steroid dienone is 1. The second kappa shape index (κ2) is 8.76. The van der Waals surface area contributed by atoms with Gasteiger partial charge in [-0.25, -0.2) is 0 Å². The standard InChI is InChI=1S/C30H45BrO5/c1-10-21-26(5,6)23(33)30(31)24(36-30)28(21,8)19-15-20(32)22-18(4)29(25(34)35-9,12-11-17(2)3)14-13-27(22,7)16-19/h15,17-18,21-22,24H,10-14,16H2,1-9H3. The molecule has 4 aliphatic rings. The van der Waals surface area contributed by atoms with Crippen LogP contribution in [-0.2, 0) is 23.9 Å². The van der Waals surface area contributed by atoms with Crippen LogP contribution in [0, 0.1) is 45.3 Å². The van der Waals surface area contributed by atoms with E-state index in [9.17, 15) is 14.4 Å². The Hall–Kier alpha value is -1.01. The van der Waals surface area contributed by atoms with Crippen LogP contribution in [0.3, 0.4) is 0 Å². The quantitative estimate of drug-likeness (QED) is 0.205. The summed E-state index contributed by atoms with van der Waals surface area (Å²) in [6, 6.07) is 0. The van der Waals surface area contributed by atoms with Crippen molar-refractivity contribution in [2.75, 3.05) is 7.11 Å². The molecule has 0 spiro atoms. The Bertz CT molecular complexity index is 999. The molecule has 1 aliphatic heterocycles. The van der Waals surface area contributed by atoms with E-state index in [0.29, 0.717) is 5.92 Å². The number of carbonyl (C=O) groups excluding carboxylic acids is 3. The molecular formula is C30H45BrO5. The summed E-state index contributed by atoms with van der Waals surface area (Å²) in [4.78, 5) is 40.6. The topological polar surface area (TPSA) is 73.0 Å². The second-order valence-corrected chi connectivity index (χ2v) is 14.9. The summed E-state index contributed by atoms with van der Waals surface area (Å²) in [6.07, 6.45) is 6.46. The van der Waals surface area contributed by atoms with E-state index in [2.05, 4.69) is 57.5 Å². The molecular weight excluding hydrogens is 520 g/mol. The number of Topliss-reactive ketones (excluding diaryl/α,β-unsaturated/α-hetero) is 1. The van der Waals surface area contributed by atoms with Gasteiger partial charge in [-0.15, -0.1) is 0 Å². The van der Waals surface area contributed by atoms with E-state index in [-0.39, 0.29) is 46.8 Å². The summed E-state index contributed by atoms with van der Waals surface area (Å²) in [7, 11) is 1.47. The van der Waals surface area contributed by atoms with Crippen molar-refractivity contribution >= 4 is 33.5 Å². The molecule has 8 atom stereocenters. The minimum atomic E-state index is -0.949. The molecule has 0 bridgehead atoms. The lowest BCUT2D eigenvalue weighted by Gasteiger charge is -2.57. The maximum absolute atomic E-state index is 14.0. The van der Waals surface area contributed by atoms with Crippen molar-refractivity contribution in [1.82, 2.24) is 0 Å². The Morgan fingerprint density at radius 2 is 1.83 bits per heavy atom. The Kier molecular flexibility index (Phi) is 6.81. The third-order valence-electron chi connectivity index (χ3n) is 10.9. The van der Waals surface area contributed by atoms with Crippen molar-refractivity contribution in [2.24, 2.45) is 45.3 Å². The molecule has 0 aromatic rings. The first-order chi connectivity index (χ1) is 16.6. The number of ketones is 2. The van der Waals surface area contributed by atoms with Gasteiger partial charge in [0.1, 0.15) is 6.10 Å². The van der Waals surface area contributed by atoms with E-state index in [1.54, 1.807) is 0 Å². The molecule has 1 heterocycles. The number of alkyl halides is 1. The van der Waals surface area contributed by atoms with Crippen LogP contribution in [0.1, 0.15) is 93.9 Å². The number of carbonyl (C=O) groups is 3. The van der Waals surface area contributed by atoms with Crippen molar-refractivity contribution in [2.45, 2.75) is 105 Å². The van der Waals surface area contributed by atoms with Crippen LogP contribution in [0.25, 0.3) is 0 Å². The van der Waals surface area contributed by atoms with Gasteiger partial charge in [0.2, 0.25) is 4.51 Å². The first-order valence-electron chi connectivity index (χ1n) is 13.8. The summed E-state index contributed by atoms with van der Waals surface area (Å²) in [5, 5.41) is 0. The van der Waals surface area contributed by atoms with E-state index in [1.807, 2.05) is 19.9 Å². The lowest BCUT2D eigenvalue weighted by Crippen LogP contribution is -2.59. The van der Waals surface area contributed by atoms with Crippen molar-refractivity contribution in [3.8, 4) is 0 Å². The van der Waals surface area contributed by atoms with Crippen LogP contribution in [0.5, 0.6) is 0 Å². The van der Waals surface area contributed by atoms with Gasteiger partial charge in [-0.1, -0.05) is 67.4 Å². The molecule has 1 saturated heterocycles. The van der Waals surface area contributed by atoms with Gasteiger partial charge < -0.3 is 9.47 Å². The number of ether oxygens (including phenoxy) is 2. The van der Waals surface area contributed by atoms with E-state index in [1.165, 1.54) is 7.11 Å². The number of rotatable bonds is 6. The van der Waals surface area contributed by atoms with Gasteiger partial charge in [-0.2, -0.15) is 0 Å². The third-order valence-corrected chi connectivity index (χ3v) is 11.9. The molecule has 5 nitrogen and oxygen atoms in total. The average Bonchev–Trinajstić information content (AvgIpc) is 3.50. The molecule has 6 heteroatoms. The number of hydrogen-bond donors (Lipinski definition) is 0. The molecule has 3 fully saturated rings. The monoisotopic (exact) mass is 564 g/mol. The zero-order valence-corrected chi connectivity index (χ0v) is 25.2.